The molecule has 0 aliphatic carbocycles. The number of nitrogens with zero attached hydrogens (tertiary/aromatic N) is 1. The molecule has 12 heteroatoms. The molecule has 0 radical (unpaired) electrons. The van der Waals surface area contributed by atoms with Crippen molar-refractivity contribution in [2.75, 3.05) is 0 Å². The summed E-state index contributed by atoms with van der Waals surface area (Å²) in [4.78, 5) is 74.2. The molecule has 4 N–H and O–H groups in total. The first-order chi connectivity index (χ1) is 27.1. The number of nitrogens with one attached hydrogen (secondary N) is 4. The molecule has 286 valence electrons. The fourth-order valence-corrected chi connectivity index (χ4v) is 6.26. The van der Waals surface area contributed by atoms with Gasteiger partial charge in [-0.3, -0.25) is 14.4 Å². The molecule has 0 bridgehead atoms. The van der Waals surface area contributed by atoms with Gasteiger partial charge < -0.3 is 35.2 Å². The van der Waals surface area contributed by atoms with Crippen LogP contribution in [-0.2, 0) is 54.7 Å². The number of imidazole rings is 1. The van der Waals surface area contributed by atoms with Crippen LogP contribution in [-0.4, -0.2) is 58.3 Å². The number of H-pyrrole nitrogens is 1. The van der Waals surface area contributed by atoms with E-state index in [0.29, 0.717) is 34.8 Å². The fraction of sp³-hybridized carbons (Fsp3) is 0.302. The maximum absolute atomic E-state index is 14.3. The number of amides is 3. The van der Waals surface area contributed by atoms with Gasteiger partial charge in [0.1, 0.15) is 31.6 Å². The Balaban J connectivity index is 1.37. The second-order valence-corrected chi connectivity index (χ2v) is 13.8. The number of rotatable bonds is 19. The normalized spacial score (nSPS) is 13.5. The molecule has 3 amide bonds. The van der Waals surface area contributed by atoms with Crippen LogP contribution < -0.4 is 15.9 Å². The highest BCUT2D eigenvalue weighted by Crippen LogP contribution is 2.21. The van der Waals surface area contributed by atoms with Crippen molar-refractivity contribution >= 4 is 40.9 Å². The van der Waals surface area contributed by atoms with Crippen molar-refractivity contribution in [1.29, 1.82) is 0 Å². The van der Waals surface area contributed by atoms with Crippen molar-refractivity contribution < 1.29 is 34.9 Å². The number of hydrogen-bond acceptors (Lipinski definition) is 8. The number of alkyl carbamates (subject to hydrolysis) is 1. The number of hydrogen-bond donors (Lipinski definition) is 4. The second kappa shape index (κ2) is 20.2. The Morgan fingerprint density at radius 2 is 1.42 bits per heavy atom. The average molecular weight is 747 g/mol. The molecule has 12 nitrogen and oxygen atoms in total. The van der Waals surface area contributed by atoms with Gasteiger partial charge in [-0.2, -0.15) is 0 Å². The Morgan fingerprint density at radius 3 is 2.07 bits per heavy atom. The number of aromatic amines is 1. The van der Waals surface area contributed by atoms with E-state index in [4.69, 9.17) is 10.9 Å². The van der Waals surface area contributed by atoms with E-state index < -0.39 is 47.9 Å². The molecule has 55 heavy (non-hydrogen) atoms. The zero-order chi connectivity index (χ0) is 39.9. The predicted molar refractivity (Wildman–Crippen MR) is 207 cm³/mol. The Bertz CT molecular complexity index is 2040. The van der Waals surface area contributed by atoms with E-state index in [0.717, 1.165) is 16.3 Å². The van der Waals surface area contributed by atoms with Gasteiger partial charge in [-0.1, -0.05) is 117 Å². The van der Waals surface area contributed by atoms with E-state index in [1.165, 1.54) is 12.5 Å². The van der Waals surface area contributed by atoms with Crippen LogP contribution in [0, 0.1) is 11.8 Å². The molecular weight excluding hydrogens is 699 g/mol. The van der Waals surface area contributed by atoms with Gasteiger partial charge in [-0.15, -0.1) is 0 Å². The van der Waals surface area contributed by atoms with Gasteiger partial charge in [0, 0.05) is 36.7 Å². The summed E-state index contributed by atoms with van der Waals surface area (Å²) in [6, 6.07) is 27.8. The Kier molecular flexibility index (Phi) is 14.1. The van der Waals surface area contributed by atoms with Gasteiger partial charge in [0.15, 0.2) is 1.41 Å². The highest BCUT2D eigenvalue weighted by Gasteiger charge is 2.32. The summed E-state index contributed by atoms with van der Waals surface area (Å²) >= 11 is 0. The molecule has 1 heterocycles. The summed E-state index contributed by atoms with van der Waals surface area (Å²) in [5, 5.41) is 7.94. The van der Waals surface area contributed by atoms with Crippen LogP contribution in [0.2, 0.25) is 1.41 Å². The maximum Gasteiger partial charge on any atom is 0.408 e. The number of benzene rings is 4. The monoisotopic (exact) mass is 746 g/mol. The van der Waals surface area contributed by atoms with Crippen molar-refractivity contribution in [3.8, 4) is 0 Å². The lowest BCUT2D eigenvalue weighted by Gasteiger charge is -2.29. The Labute approximate surface area is 321 Å². The predicted octanol–water partition coefficient (Wildman–Crippen LogP) is 5.61. The third-order valence-electron chi connectivity index (χ3n) is 9.06. The lowest BCUT2D eigenvalue weighted by Crippen LogP contribution is -2.57. The number of carbonyl (C=O) groups is 5. The zero-order valence-corrected chi connectivity index (χ0v) is 30.9. The van der Waals surface area contributed by atoms with E-state index in [9.17, 15) is 24.0 Å². The number of esters is 1. The summed E-state index contributed by atoms with van der Waals surface area (Å²) < 4.78 is 19.7. The van der Waals surface area contributed by atoms with E-state index in [1.54, 1.807) is 24.3 Å². The smallest absolute Gasteiger partial charge is 0.408 e. The lowest BCUT2D eigenvalue weighted by molar-refractivity contribution is -0.147. The molecule has 1 aromatic heterocycles. The average Bonchev–Trinajstić information content (AvgIpc) is 3.73. The summed E-state index contributed by atoms with van der Waals surface area (Å²) in [7, 11) is 0. The van der Waals surface area contributed by atoms with E-state index >= 15 is 0 Å². The highest BCUT2D eigenvalue weighted by atomic mass is 16.5. The standard InChI is InChI=1S/C43H47N5O7/c1-29(2)20-37(34(25-49)22-40(50)54-26-30-12-5-3-6-13-30)46-42(52)39(23-35-24-44-28-45-35)47-41(51)38(48-43(53)55-27-31-14-7-4-8-15-31)21-33-18-11-17-32-16-9-10-19-36(32)33/h3-19,24-25,28-29,34,37-39H,20-23,26-27H2,1-2H3,(H,44,45)(H,46,52)(H,47,51)(H,48,53)/t34-,37+,38+,39+/m1/s1/i/hD. The molecule has 0 aliphatic rings. The summed E-state index contributed by atoms with van der Waals surface area (Å²) in [5.74, 6) is -2.90. The zero-order valence-electron chi connectivity index (χ0n) is 31.9. The van der Waals surface area contributed by atoms with Gasteiger partial charge in [0.25, 0.3) is 0 Å². The first-order valence-corrected chi connectivity index (χ1v) is 18.3. The molecule has 5 aromatic rings. The van der Waals surface area contributed by atoms with Crippen LogP contribution in [0.5, 0.6) is 0 Å². The summed E-state index contributed by atoms with van der Waals surface area (Å²) in [5.41, 5.74) is 2.73. The van der Waals surface area contributed by atoms with Gasteiger partial charge in [-0.05, 0) is 39.8 Å². The molecule has 4 aromatic carbocycles. The molecule has 0 saturated heterocycles. The third kappa shape index (κ3) is 12.4. The fourth-order valence-electron chi connectivity index (χ4n) is 6.26. The van der Waals surface area contributed by atoms with Crippen molar-refractivity contribution in [2.45, 2.75) is 70.9 Å². The molecule has 0 spiro atoms. The number of aldehydes is 1. The first-order valence-electron chi connectivity index (χ1n) is 18.7. The van der Waals surface area contributed by atoms with E-state index in [2.05, 4.69) is 20.6 Å². The number of ether oxygens (including phenoxy) is 2. The maximum atomic E-state index is 14.3. The van der Waals surface area contributed by atoms with Crippen molar-refractivity contribution in [1.82, 2.24) is 25.9 Å². The number of carbonyl (C=O) groups excluding carboxylic acids is 5. The molecule has 0 fully saturated rings. The van der Waals surface area contributed by atoms with Crippen molar-refractivity contribution in [2.24, 2.45) is 11.8 Å². The topological polar surface area (TPSA) is 169 Å². The number of aromatic nitrogens is 2. The minimum absolute atomic E-state index is 0.0209. The number of fused-ring (bicyclic) bond motifs is 1. The third-order valence-corrected chi connectivity index (χ3v) is 9.06. The Morgan fingerprint density at radius 1 is 0.782 bits per heavy atom. The first kappa shape index (κ1) is 38.4. The van der Waals surface area contributed by atoms with Gasteiger partial charge >= 0.3 is 12.1 Å². The molecule has 5 rings (SSSR count). The Hall–Kier alpha value is -6.30. The molecule has 0 aliphatic heterocycles. The SMILES string of the molecule is [2H]N(C(=O)OCc1ccccc1)[C@@H](Cc1cccc2ccccc12)C(=O)N[C@@H](Cc1cnc[nH]1)C(=O)N[C@@H](CC(C)C)[C@@H](C=O)CC(=O)OCc1ccccc1. The van der Waals surface area contributed by atoms with Crippen LogP contribution in [0.25, 0.3) is 10.8 Å². The minimum atomic E-state index is -1.42. The second-order valence-electron chi connectivity index (χ2n) is 13.8. The largest absolute Gasteiger partial charge is 0.461 e. The summed E-state index contributed by atoms with van der Waals surface area (Å²) in [6.45, 7) is 3.78. The lowest BCUT2D eigenvalue weighted by atomic mass is 9.90. The van der Waals surface area contributed by atoms with Crippen molar-refractivity contribution in [3.63, 3.8) is 0 Å². The highest BCUT2D eigenvalue weighted by molar-refractivity contribution is 5.93. The van der Waals surface area contributed by atoms with E-state index in [1.807, 2.05) is 92.7 Å². The van der Waals surface area contributed by atoms with Crippen LogP contribution in [0.1, 0.15) is 49.1 Å². The van der Waals surface area contributed by atoms with E-state index in [-0.39, 0.29) is 38.4 Å². The van der Waals surface area contributed by atoms with Gasteiger partial charge in [-0.25, -0.2) is 9.78 Å². The minimum Gasteiger partial charge on any atom is -0.461 e. The van der Waals surface area contributed by atoms with Crippen molar-refractivity contribution in [3.05, 3.63) is 138 Å². The molecule has 4 atom stereocenters. The van der Waals surface area contributed by atoms with Crippen LogP contribution in [0.15, 0.2) is 116 Å². The van der Waals surface area contributed by atoms with Gasteiger partial charge in [0.05, 0.1) is 12.7 Å². The van der Waals surface area contributed by atoms with Crippen LogP contribution in [0.4, 0.5) is 4.79 Å². The summed E-state index contributed by atoms with van der Waals surface area (Å²) in [6.07, 6.45) is 2.53. The molecular formula is C43H47N5O7. The van der Waals surface area contributed by atoms with Crippen LogP contribution in [0.3, 0.4) is 0 Å². The quantitative estimate of drug-likeness (QED) is 0.0625. The molecule has 0 unspecified atom stereocenters. The van der Waals surface area contributed by atoms with Crippen LogP contribution >= 0.6 is 0 Å². The van der Waals surface area contributed by atoms with Gasteiger partial charge in [0.2, 0.25) is 11.8 Å². The molecule has 0 saturated carbocycles.